The number of hydrogen-bond acceptors (Lipinski definition) is 9. The second-order valence-corrected chi connectivity index (χ2v) is 8.47. The number of rotatable bonds is 6. The van der Waals surface area contributed by atoms with Gasteiger partial charge in [0.1, 0.15) is 27.7 Å². The van der Waals surface area contributed by atoms with Gasteiger partial charge in [-0.05, 0) is 28.9 Å². The summed E-state index contributed by atoms with van der Waals surface area (Å²) in [6.07, 6.45) is -2.70. The van der Waals surface area contributed by atoms with Crippen molar-refractivity contribution in [2.75, 3.05) is 11.1 Å². The van der Waals surface area contributed by atoms with Crippen molar-refractivity contribution in [3.8, 4) is 0 Å². The quantitative estimate of drug-likeness (QED) is 0.301. The first-order chi connectivity index (χ1) is 15.9. The summed E-state index contributed by atoms with van der Waals surface area (Å²) >= 11 is 3.96. The number of nitrogen functional groups attached to an aromatic ring is 1. The number of aromatic nitrogens is 3. The summed E-state index contributed by atoms with van der Waals surface area (Å²) < 4.78 is 40.2. The SMILES string of the molecule is CC(NC(=O)c1ncnc(N)c1Br)c1ncc(C(=O)Nc2ccc([N+](=O)[O-])cc2C(F)(F)F)s1. The summed E-state index contributed by atoms with van der Waals surface area (Å²) in [6, 6.07) is 1.30. The number of benzene rings is 1. The van der Waals surface area contributed by atoms with Crippen LogP contribution in [-0.4, -0.2) is 31.7 Å². The number of amides is 2. The van der Waals surface area contributed by atoms with Crippen LogP contribution in [0.15, 0.2) is 35.2 Å². The van der Waals surface area contributed by atoms with E-state index in [2.05, 4.69) is 41.5 Å². The Labute approximate surface area is 200 Å². The summed E-state index contributed by atoms with van der Waals surface area (Å²) in [6.45, 7) is 1.58. The minimum Gasteiger partial charge on any atom is -0.383 e. The number of nitrogens with one attached hydrogen (secondary N) is 2. The molecule has 2 heterocycles. The highest BCUT2D eigenvalue weighted by molar-refractivity contribution is 9.10. The predicted octanol–water partition coefficient (Wildman–Crippen LogP) is 3.95. The minimum absolute atomic E-state index is 0.0216. The van der Waals surface area contributed by atoms with Gasteiger partial charge in [0.05, 0.1) is 32.9 Å². The van der Waals surface area contributed by atoms with Gasteiger partial charge in [-0.3, -0.25) is 19.7 Å². The number of anilines is 2. The number of hydrogen-bond donors (Lipinski definition) is 3. The highest BCUT2D eigenvalue weighted by atomic mass is 79.9. The molecule has 34 heavy (non-hydrogen) atoms. The molecule has 11 nitrogen and oxygen atoms in total. The molecule has 0 aliphatic rings. The number of alkyl halides is 3. The lowest BCUT2D eigenvalue weighted by Crippen LogP contribution is -2.28. The Balaban J connectivity index is 1.76. The highest BCUT2D eigenvalue weighted by Crippen LogP contribution is 2.37. The summed E-state index contributed by atoms with van der Waals surface area (Å²) in [5.74, 6) is -1.45. The molecule has 0 fully saturated rings. The number of nitrogens with two attached hydrogens (primary N) is 1. The van der Waals surface area contributed by atoms with E-state index < -0.39 is 45.9 Å². The largest absolute Gasteiger partial charge is 0.418 e. The zero-order valence-electron chi connectivity index (χ0n) is 16.9. The van der Waals surface area contributed by atoms with Crippen LogP contribution >= 0.6 is 27.3 Å². The predicted molar refractivity (Wildman–Crippen MR) is 118 cm³/mol. The van der Waals surface area contributed by atoms with E-state index in [9.17, 15) is 32.9 Å². The van der Waals surface area contributed by atoms with Crippen LogP contribution in [0.5, 0.6) is 0 Å². The molecule has 178 valence electrons. The summed E-state index contributed by atoms with van der Waals surface area (Å²) in [7, 11) is 0. The lowest BCUT2D eigenvalue weighted by molar-refractivity contribution is -0.385. The van der Waals surface area contributed by atoms with E-state index in [0.717, 1.165) is 36.0 Å². The first-order valence-electron chi connectivity index (χ1n) is 9.08. The number of carbonyl (C=O) groups excluding carboxylic acids is 2. The number of nitro benzene ring substituents is 1. The van der Waals surface area contributed by atoms with Gasteiger partial charge in [0.15, 0.2) is 0 Å². The smallest absolute Gasteiger partial charge is 0.383 e. The normalized spacial score (nSPS) is 12.1. The van der Waals surface area contributed by atoms with E-state index in [1.165, 1.54) is 0 Å². The molecule has 16 heteroatoms. The van der Waals surface area contributed by atoms with Gasteiger partial charge in [-0.1, -0.05) is 0 Å². The second-order valence-electron chi connectivity index (χ2n) is 6.62. The molecule has 3 aromatic rings. The standard InChI is InChI=1S/C18H13BrF3N7O4S/c1-7(27-16(31)13-12(19)14(23)26-6-25-13)17-24-5-11(34-17)15(30)28-10-3-2-8(29(32)33)4-9(10)18(20,21)22/h2-7H,1H3,(H,27,31)(H,28,30)(H2,23,25,26). The zero-order valence-corrected chi connectivity index (χ0v) is 19.3. The third kappa shape index (κ3) is 5.45. The Morgan fingerprint density at radius 3 is 2.59 bits per heavy atom. The first kappa shape index (κ1) is 25.0. The van der Waals surface area contributed by atoms with Gasteiger partial charge in [-0.25, -0.2) is 15.0 Å². The van der Waals surface area contributed by atoms with Crippen molar-refractivity contribution in [3.05, 3.63) is 66.5 Å². The van der Waals surface area contributed by atoms with E-state index in [0.29, 0.717) is 6.07 Å². The van der Waals surface area contributed by atoms with Gasteiger partial charge in [0.25, 0.3) is 17.5 Å². The number of halogens is 4. The van der Waals surface area contributed by atoms with Crippen molar-refractivity contribution in [1.82, 2.24) is 20.3 Å². The fraction of sp³-hybridized carbons (Fsp3) is 0.167. The second kappa shape index (κ2) is 9.68. The van der Waals surface area contributed by atoms with Crippen LogP contribution in [0.2, 0.25) is 0 Å². The molecule has 4 N–H and O–H groups in total. The molecule has 2 aromatic heterocycles. The van der Waals surface area contributed by atoms with Crippen molar-refractivity contribution in [3.63, 3.8) is 0 Å². The van der Waals surface area contributed by atoms with Crippen molar-refractivity contribution < 1.29 is 27.7 Å². The number of nitrogens with zero attached hydrogens (tertiary/aromatic N) is 4. The molecule has 0 bridgehead atoms. The fourth-order valence-electron chi connectivity index (χ4n) is 2.63. The molecule has 0 saturated carbocycles. The molecule has 1 aromatic carbocycles. The molecule has 2 amide bonds. The third-order valence-electron chi connectivity index (χ3n) is 4.26. The van der Waals surface area contributed by atoms with Gasteiger partial charge in [0, 0.05) is 12.1 Å². The molecular weight excluding hydrogens is 547 g/mol. The Morgan fingerprint density at radius 1 is 1.24 bits per heavy atom. The minimum atomic E-state index is -4.94. The van der Waals surface area contributed by atoms with Crippen LogP contribution in [0.1, 0.15) is 43.7 Å². The Morgan fingerprint density at radius 2 is 1.94 bits per heavy atom. The van der Waals surface area contributed by atoms with Crippen LogP contribution in [0.4, 0.5) is 30.4 Å². The van der Waals surface area contributed by atoms with Gasteiger partial charge in [-0.2, -0.15) is 13.2 Å². The van der Waals surface area contributed by atoms with Crippen LogP contribution in [-0.2, 0) is 6.18 Å². The molecule has 1 unspecified atom stereocenters. The topological polar surface area (TPSA) is 166 Å². The summed E-state index contributed by atoms with van der Waals surface area (Å²) in [5.41, 5.74) is 2.82. The number of thiazole rings is 1. The average Bonchev–Trinajstić information content (AvgIpc) is 3.25. The number of carbonyl (C=O) groups is 2. The molecule has 0 spiro atoms. The van der Waals surface area contributed by atoms with E-state index in [1.807, 2.05) is 0 Å². The monoisotopic (exact) mass is 559 g/mol. The summed E-state index contributed by atoms with van der Waals surface area (Å²) in [4.78, 5) is 46.4. The van der Waals surface area contributed by atoms with Gasteiger partial charge < -0.3 is 16.4 Å². The van der Waals surface area contributed by atoms with Crippen molar-refractivity contribution in [1.29, 1.82) is 0 Å². The number of non-ortho nitro benzene ring substituents is 1. The number of nitro groups is 1. The van der Waals surface area contributed by atoms with E-state index in [4.69, 9.17) is 5.73 Å². The lowest BCUT2D eigenvalue weighted by atomic mass is 10.1. The van der Waals surface area contributed by atoms with Crippen LogP contribution < -0.4 is 16.4 Å². The molecule has 0 aliphatic carbocycles. The highest BCUT2D eigenvalue weighted by Gasteiger charge is 2.36. The average molecular weight is 560 g/mol. The van der Waals surface area contributed by atoms with Crippen LogP contribution in [0.25, 0.3) is 0 Å². The van der Waals surface area contributed by atoms with Crippen LogP contribution in [0, 0.1) is 10.1 Å². The fourth-order valence-corrected chi connectivity index (χ4v) is 3.83. The Kier molecular flexibility index (Phi) is 7.11. The van der Waals surface area contributed by atoms with Gasteiger partial charge >= 0.3 is 6.18 Å². The molecule has 0 aliphatic heterocycles. The molecular formula is C18H13BrF3N7O4S. The third-order valence-corrected chi connectivity index (χ3v) is 6.23. The Bertz CT molecular complexity index is 1280. The van der Waals surface area contributed by atoms with Gasteiger partial charge in [0.2, 0.25) is 0 Å². The van der Waals surface area contributed by atoms with E-state index in [1.54, 1.807) is 6.92 Å². The van der Waals surface area contributed by atoms with Crippen molar-refractivity contribution >= 4 is 56.3 Å². The van der Waals surface area contributed by atoms with Crippen LogP contribution in [0.3, 0.4) is 0 Å². The maximum atomic E-state index is 13.3. The first-order valence-corrected chi connectivity index (χ1v) is 10.7. The molecule has 0 saturated heterocycles. The van der Waals surface area contributed by atoms with Crippen molar-refractivity contribution in [2.24, 2.45) is 0 Å². The van der Waals surface area contributed by atoms with E-state index in [-0.39, 0.29) is 25.9 Å². The summed E-state index contributed by atoms with van der Waals surface area (Å²) in [5, 5.41) is 15.8. The Hall–Kier alpha value is -3.66. The zero-order chi connectivity index (χ0) is 25.2. The molecule has 3 rings (SSSR count). The lowest BCUT2D eigenvalue weighted by Gasteiger charge is -2.13. The molecule has 0 radical (unpaired) electrons. The maximum absolute atomic E-state index is 13.3. The van der Waals surface area contributed by atoms with E-state index >= 15 is 0 Å². The molecule has 1 atom stereocenters. The van der Waals surface area contributed by atoms with Crippen molar-refractivity contribution in [2.45, 2.75) is 19.1 Å². The van der Waals surface area contributed by atoms with Gasteiger partial charge in [-0.15, -0.1) is 11.3 Å². The maximum Gasteiger partial charge on any atom is 0.418 e.